The first kappa shape index (κ1) is 18.3. The van der Waals surface area contributed by atoms with Crippen LogP contribution in [0.2, 0.25) is 0 Å². The van der Waals surface area contributed by atoms with Gasteiger partial charge in [-0.15, -0.1) is 24.0 Å². The first-order valence-electron chi connectivity index (χ1n) is 8.42. The van der Waals surface area contributed by atoms with Crippen LogP contribution in [-0.2, 0) is 9.47 Å². The molecule has 5 nitrogen and oxygen atoms in total. The molecule has 3 rings (SSSR count). The standard InChI is InChI=1S/C16H29N3O2.HI/c1-17-15(18-7-11-21-12-14-2-3-14)19-8-4-16(13-19)5-9-20-10-6-16;/h14H,2-13H2,1H3,(H,17,18);1H. The molecule has 0 radical (unpaired) electrons. The molecular formula is C16H30IN3O2. The largest absolute Gasteiger partial charge is 0.381 e. The number of nitrogens with zero attached hydrogens (tertiary/aromatic N) is 2. The van der Waals surface area contributed by atoms with Crippen LogP contribution in [0.25, 0.3) is 0 Å². The summed E-state index contributed by atoms with van der Waals surface area (Å²) in [6.07, 6.45) is 6.38. The lowest BCUT2D eigenvalue weighted by Gasteiger charge is -2.33. The number of ether oxygens (including phenoxy) is 2. The quantitative estimate of drug-likeness (QED) is 0.319. The lowest BCUT2D eigenvalue weighted by Crippen LogP contribution is -2.43. The van der Waals surface area contributed by atoms with Crippen LogP contribution in [0.5, 0.6) is 0 Å². The monoisotopic (exact) mass is 423 g/mol. The molecule has 3 aliphatic rings. The third-order valence-electron chi connectivity index (χ3n) is 5.08. The minimum atomic E-state index is 0. The van der Waals surface area contributed by atoms with Gasteiger partial charge in [-0.25, -0.2) is 0 Å². The Bertz CT molecular complexity index is 368. The fourth-order valence-electron chi connectivity index (χ4n) is 3.43. The summed E-state index contributed by atoms with van der Waals surface area (Å²) >= 11 is 0. The second-order valence-corrected chi connectivity index (χ2v) is 6.78. The van der Waals surface area contributed by atoms with E-state index >= 15 is 0 Å². The summed E-state index contributed by atoms with van der Waals surface area (Å²) in [6.45, 7) is 6.66. The zero-order valence-corrected chi connectivity index (χ0v) is 16.0. The maximum Gasteiger partial charge on any atom is 0.193 e. The number of likely N-dealkylation sites (tertiary alicyclic amines) is 1. The number of rotatable bonds is 5. The number of nitrogens with one attached hydrogen (secondary N) is 1. The highest BCUT2D eigenvalue weighted by molar-refractivity contribution is 14.0. The molecule has 1 spiro atoms. The SMILES string of the molecule is CN=C(NCCOCC1CC1)N1CCC2(CCOCC2)C1.I. The summed E-state index contributed by atoms with van der Waals surface area (Å²) in [7, 11) is 1.88. The van der Waals surface area contributed by atoms with Gasteiger partial charge in [-0.05, 0) is 43.4 Å². The zero-order chi connectivity index (χ0) is 14.5. The predicted octanol–water partition coefficient (Wildman–Crippen LogP) is 2.11. The first-order valence-corrected chi connectivity index (χ1v) is 8.42. The Labute approximate surface area is 151 Å². The maximum atomic E-state index is 5.67. The van der Waals surface area contributed by atoms with Crippen LogP contribution in [0, 0.1) is 11.3 Å². The van der Waals surface area contributed by atoms with Crippen LogP contribution < -0.4 is 5.32 Å². The fourth-order valence-corrected chi connectivity index (χ4v) is 3.43. The van der Waals surface area contributed by atoms with Crippen molar-refractivity contribution < 1.29 is 9.47 Å². The summed E-state index contributed by atoms with van der Waals surface area (Å²) in [5.41, 5.74) is 0.471. The van der Waals surface area contributed by atoms with Crippen molar-refractivity contribution >= 4 is 29.9 Å². The average molecular weight is 423 g/mol. The number of hydrogen-bond acceptors (Lipinski definition) is 3. The minimum Gasteiger partial charge on any atom is -0.381 e. The highest BCUT2D eigenvalue weighted by atomic mass is 127. The molecule has 1 saturated carbocycles. The van der Waals surface area contributed by atoms with Crippen molar-refractivity contribution in [2.24, 2.45) is 16.3 Å². The fraction of sp³-hybridized carbons (Fsp3) is 0.938. The van der Waals surface area contributed by atoms with Gasteiger partial charge in [0.15, 0.2) is 5.96 Å². The number of hydrogen-bond donors (Lipinski definition) is 1. The van der Waals surface area contributed by atoms with Crippen molar-refractivity contribution in [3.8, 4) is 0 Å². The van der Waals surface area contributed by atoms with Gasteiger partial charge in [0.2, 0.25) is 0 Å². The highest BCUT2D eigenvalue weighted by Crippen LogP contribution is 2.39. The molecule has 0 aromatic rings. The van der Waals surface area contributed by atoms with Gasteiger partial charge in [-0.3, -0.25) is 4.99 Å². The summed E-state index contributed by atoms with van der Waals surface area (Å²) in [4.78, 5) is 6.85. The predicted molar refractivity (Wildman–Crippen MR) is 99.0 cm³/mol. The number of aliphatic imine (C=N–C) groups is 1. The van der Waals surface area contributed by atoms with Crippen molar-refractivity contribution in [1.82, 2.24) is 10.2 Å². The van der Waals surface area contributed by atoms with Gasteiger partial charge in [-0.1, -0.05) is 0 Å². The van der Waals surface area contributed by atoms with E-state index in [1.165, 1.54) is 32.1 Å². The van der Waals surface area contributed by atoms with Crippen LogP contribution in [0.1, 0.15) is 32.1 Å². The highest BCUT2D eigenvalue weighted by Gasteiger charge is 2.40. The molecule has 0 aromatic carbocycles. The van der Waals surface area contributed by atoms with Crippen LogP contribution in [0.3, 0.4) is 0 Å². The van der Waals surface area contributed by atoms with Gasteiger partial charge in [0.1, 0.15) is 0 Å². The molecular weight excluding hydrogens is 393 g/mol. The van der Waals surface area contributed by atoms with Gasteiger partial charge < -0.3 is 19.7 Å². The Hall–Kier alpha value is -0.0800. The second-order valence-electron chi connectivity index (χ2n) is 6.78. The van der Waals surface area contributed by atoms with Gasteiger partial charge >= 0.3 is 0 Å². The molecule has 2 saturated heterocycles. The van der Waals surface area contributed by atoms with Crippen molar-refractivity contribution in [3.63, 3.8) is 0 Å². The third-order valence-corrected chi connectivity index (χ3v) is 5.08. The minimum absolute atomic E-state index is 0. The van der Waals surface area contributed by atoms with E-state index in [0.717, 1.165) is 57.9 Å². The van der Waals surface area contributed by atoms with E-state index in [9.17, 15) is 0 Å². The maximum absolute atomic E-state index is 5.67. The molecule has 0 atom stereocenters. The molecule has 2 heterocycles. The Balaban J connectivity index is 0.00000176. The Morgan fingerprint density at radius 1 is 1.32 bits per heavy atom. The summed E-state index contributed by atoms with van der Waals surface area (Å²) in [6, 6.07) is 0. The van der Waals surface area contributed by atoms with E-state index < -0.39 is 0 Å². The van der Waals surface area contributed by atoms with Gasteiger partial charge in [0.25, 0.3) is 0 Å². The molecule has 0 amide bonds. The molecule has 22 heavy (non-hydrogen) atoms. The van der Waals surface area contributed by atoms with Crippen LogP contribution >= 0.6 is 24.0 Å². The van der Waals surface area contributed by atoms with Crippen molar-refractivity contribution in [2.45, 2.75) is 32.1 Å². The normalized spacial score (nSPS) is 24.4. The summed E-state index contributed by atoms with van der Waals surface area (Å²) in [5, 5.41) is 3.45. The number of halogens is 1. The van der Waals surface area contributed by atoms with Gasteiger partial charge in [0, 0.05) is 46.5 Å². The Morgan fingerprint density at radius 3 is 2.77 bits per heavy atom. The topological polar surface area (TPSA) is 46.1 Å². The molecule has 1 aliphatic carbocycles. The van der Waals surface area contributed by atoms with E-state index in [-0.39, 0.29) is 24.0 Å². The zero-order valence-electron chi connectivity index (χ0n) is 13.7. The molecule has 6 heteroatoms. The molecule has 128 valence electrons. The molecule has 1 N–H and O–H groups in total. The Morgan fingerprint density at radius 2 is 2.09 bits per heavy atom. The van der Waals surface area contributed by atoms with Crippen molar-refractivity contribution in [2.75, 3.05) is 53.1 Å². The molecule has 0 bridgehead atoms. The summed E-state index contributed by atoms with van der Waals surface area (Å²) in [5.74, 6) is 1.88. The smallest absolute Gasteiger partial charge is 0.193 e. The van der Waals surface area contributed by atoms with Crippen LogP contribution in [-0.4, -0.2) is 64.0 Å². The number of guanidine groups is 1. The van der Waals surface area contributed by atoms with Crippen LogP contribution in [0.4, 0.5) is 0 Å². The van der Waals surface area contributed by atoms with E-state index in [2.05, 4.69) is 15.2 Å². The van der Waals surface area contributed by atoms with E-state index in [0.29, 0.717) is 5.41 Å². The average Bonchev–Trinajstić information content (AvgIpc) is 3.26. The van der Waals surface area contributed by atoms with E-state index in [1.807, 2.05) is 7.05 Å². The lowest BCUT2D eigenvalue weighted by atomic mass is 9.80. The van der Waals surface area contributed by atoms with Crippen LogP contribution in [0.15, 0.2) is 4.99 Å². The van der Waals surface area contributed by atoms with Crippen molar-refractivity contribution in [1.29, 1.82) is 0 Å². The second kappa shape index (κ2) is 8.68. The molecule has 0 aromatic heterocycles. The van der Waals surface area contributed by atoms with E-state index in [4.69, 9.17) is 9.47 Å². The molecule has 0 unspecified atom stereocenters. The van der Waals surface area contributed by atoms with E-state index in [1.54, 1.807) is 0 Å². The van der Waals surface area contributed by atoms with Gasteiger partial charge in [0.05, 0.1) is 6.61 Å². The molecule has 2 aliphatic heterocycles. The van der Waals surface area contributed by atoms with Gasteiger partial charge in [-0.2, -0.15) is 0 Å². The first-order chi connectivity index (χ1) is 10.3. The molecule has 3 fully saturated rings. The Kier molecular flexibility index (Phi) is 7.21. The summed E-state index contributed by atoms with van der Waals surface area (Å²) < 4.78 is 11.2. The lowest BCUT2D eigenvalue weighted by molar-refractivity contribution is 0.0217. The van der Waals surface area contributed by atoms with Crippen molar-refractivity contribution in [3.05, 3.63) is 0 Å². The third kappa shape index (κ3) is 4.96.